The summed E-state index contributed by atoms with van der Waals surface area (Å²) in [7, 11) is 0. The number of piperidine rings is 1. The van der Waals surface area contributed by atoms with Crippen LogP contribution >= 0.6 is 0 Å². The summed E-state index contributed by atoms with van der Waals surface area (Å²) in [6.07, 6.45) is 3.77. The summed E-state index contributed by atoms with van der Waals surface area (Å²) >= 11 is 0. The normalized spacial score (nSPS) is 17.9. The zero-order valence-corrected chi connectivity index (χ0v) is 12.2. The van der Waals surface area contributed by atoms with E-state index in [-0.39, 0.29) is 13.1 Å². The number of rotatable bonds is 4. The predicted octanol–water partition coefficient (Wildman–Crippen LogP) is 1.15. The Balaban J connectivity index is 2.31. The molecular weight excluding hydrogens is 266 g/mol. The molecule has 0 amide bonds. The molecule has 1 fully saturated rings. The molecule has 0 bridgehead atoms. The van der Waals surface area contributed by atoms with Gasteiger partial charge in [0.25, 0.3) is 0 Å². The summed E-state index contributed by atoms with van der Waals surface area (Å²) < 4.78 is 0. The van der Waals surface area contributed by atoms with Crippen LogP contribution in [0, 0.1) is 28.6 Å². The van der Waals surface area contributed by atoms with E-state index >= 15 is 0 Å². The largest absolute Gasteiger partial charge is 0.393 e. The number of nitrogen functional groups attached to an aromatic ring is 1. The average molecular weight is 285 g/mol. The Hall–Kier alpha value is -2.54. The Labute approximate surface area is 124 Å². The number of hydrogen-bond acceptors (Lipinski definition) is 7. The maximum Gasteiger partial charge on any atom is 0.159 e. The molecule has 1 atom stereocenters. The van der Waals surface area contributed by atoms with Gasteiger partial charge < -0.3 is 15.5 Å². The van der Waals surface area contributed by atoms with Gasteiger partial charge >= 0.3 is 0 Å². The molecule has 0 saturated carbocycles. The highest BCUT2D eigenvalue weighted by molar-refractivity contribution is 5.76. The molecule has 1 saturated heterocycles. The number of nitrogens with zero attached hydrogens (tertiary/aromatic N) is 6. The molecule has 1 aromatic rings. The minimum Gasteiger partial charge on any atom is -0.393 e. The van der Waals surface area contributed by atoms with Gasteiger partial charge in [-0.15, -0.1) is 0 Å². The van der Waals surface area contributed by atoms with Gasteiger partial charge in [-0.2, -0.15) is 10.5 Å². The van der Waals surface area contributed by atoms with E-state index in [0.717, 1.165) is 19.5 Å². The monoisotopic (exact) mass is 285 g/mol. The van der Waals surface area contributed by atoms with Gasteiger partial charge in [-0.05, 0) is 18.8 Å². The highest BCUT2D eigenvalue weighted by atomic mass is 15.3. The third kappa shape index (κ3) is 3.32. The fourth-order valence-electron chi connectivity index (χ4n) is 2.64. The molecule has 2 N–H and O–H groups in total. The van der Waals surface area contributed by atoms with Crippen molar-refractivity contribution in [1.29, 1.82) is 10.5 Å². The Bertz CT molecular complexity index is 556. The molecule has 110 valence electrons. The van der Waals surface area contributed by atoms with E-state index in [4.69, 9.17) is 16.3 Å². The molecule has 1 unspecified atom stereocenters. The van der Waals surface area contributed by atoms with Crippen LogP contribution in [-0.2, 0) is 0 Å². The number of anilines is 3. The van der Waals surface area contributed by atoms with Crippen molar-refractivity contribution in [1.82, 2.24) is 9.97 Å². The average Bonchev–Trinajstić information content (AvgIpc) is 2.47. The van der Waals surface area contributed by atoms with Crippen LogP contribution in [0.15, 0.2) is 6.33 Å². The quantitative estimate of drug-likeness (QED) is 0.827. The number of nitriles is 2. The summed E-state index contributed by atoms with van der Waals surface area (Å²) in [4.78, 5) is 12.2. The number of nitrogens with two attached hydrogens (primary N) is 1. The maximum atomic E-state index is 8.87. The van der Waals surface area contributed by atoms with Crippen LogP contribution in [0.1, 0.15) is 19.8 Å². The second-order valence-corrected chi connectivity index (χ2v) is 5.30. The lowest BCUT2D eigenvalue weighted by Crippen LogP contribution is -2.36. The molecule has 2 rings (SSSR count). The molecule has 1 aromatic heterocycles. The smallest absolute Gasteiger partial charge is 0.159 e. The van der Waals surface area contributed by atoms with E-state index in [9.17, 15) is 0 Å². The highest BCUT2D eigenvalue weighted by Crippen LogP contribution is 2.31. The lowest BCUT2D eigenvalue weighted by Gasteiger charge is -2.33. The van der Waals surface area contributed by atoms with Gasteiger partial charge in [0.05, 0.1) is 12.1 Å². The Morgan fingerprint density at radius 3 is 2.71 bits per heavy atom. The lowest BCUT2D eigenvalue weighted by atomic mass is 10.0. The summed E-state index contributed by atoms with van der Waals surface area (Å²) in [6, 6.07) is 4.06. The van der Waals surface area contributed by atoms with E-state index in [0.29, 0.717) is 23.2 Å². The van der Waals surface area contributed by atoms with Crippen molar-refractivity contribution < 1.29 is 0 Å². The van der Waals surface area contributed by atoms with Crippen molar-refractivity contribution in [2.24, 2.45) is 5.92 Å². The molecule has 7 nitrogen and oxygen atoms in total. The van der Waals surface area contributed by atoms with Crippen LogP contribution in [-0.4, -0.2) is 36.1 Å². The van der Waals surface area contributed by atoms with Gasteiger partial charge in [0.2, 0.25) is 0 Å². The maximum absolute atomic E-state index is 8.87. The first-order valence-electron chi connectivity index (χ1n) is 7.01. The van der Waals surface area contributed by atoms with Crippen LogP contribution < -0.4 is 15.5 Å². The molecule has 21 heavy (non-hydrogen) atoms. The van der Waals surface area contributed by atoms with Gasteiger partial charge in [0.1, 0.15) is 25.1 Å². The molecular formula is C14H19N7. The fourth-order valence-corrected chi connectivity index (χ4v) is 2.64. The summed E-state index contributed by atoms with van der Waals surface area (Å²) in [5.74, 6) is 1.76. The third-order valence-corrected chi connectivity index (χ3v) is 3.62. The summed E-state index contributed by atoms with van der Waals surface area (Å²) in [6.45, 7) is 4.19. The van der Waals surface area contributed by atoms with E-state index < -0.39 is 0 Å². The minimum absolute atomic E-state index is 0.0740. The van der Waals surface area contributed by atoms with Crippen LogP contribution in [0.25, 0.3) is 0 Å². The molecule has 1 aliphatic rings. The Morgan fingerprint density at radius 1 is 1.38 bits per heavy atom. The van der Waals surface area contributed by atoms with E-state index in [2.05, 4.69) is 21.8 Å². The van der Waals surface area contributed by atoms with Gasteiger partial charge in [0.15, 0.2) is 11.6 Å². The lowest BCUT2D eigenvalue weighted by molar-refractivity contribution is 0.445. The van der Waals surface area contributed by atoms with Gasteiger partial charge in [0, 0.05) is 13.1 Å². The van der Waals surface area contributed by atoms with Crippen LogP contribution in [0.4, 0.5) is 17.3 Å². The topological polar surface area (TPSA) is 106 Å². The van der Waals surface area contributed by atoms with Crippen molar-refractivity contribution in [3.05, 3.63) is 6.33 Å². The van der Waals surface area contributed by atoms with E-state index in [1.165, 1.54) is 12.7 Å². The van der Waals surface area contributed by atoms with Crippen molar-refractivity contribution in [2.75, 3.05) is 41.7 Å². The van der Waals surface area contributed by atoms with Gasteiger partial charge in [-0.1, -0.05) is 6.92 Å². The summed E-state index contributed by atoms with van der Waals surface area (Å²) in [5.41, 5.74) is 6.64. The molecule has 1 aliphatic heterocycles. The van der Waals surface area contributed by atoms with Crippen molar-refractivity contribution in [3.63, 3.8) is 0 Å². The Morgan fingerprint density at radius 2 is 2.10 bits per heavy atom. The van der Waals surface area contributed by atoms with Gasteiger partial charge in [-0.3, -0.25) is 0 Å². The first kappa shape index (κ1) is 14.9. The zero-order chi connectivity index (χ0) is 15.2. The second-order valence-electron chi connectivity index (χ2n) is 5.30. The van der Waals surface area contributed by atoms with E-state index in [1.807, 2.05) is 12.1 Å². The fraction of sp³-hybridized carbons (Fsp3) is 0.571. The van der Waals surface area contributed by atoms with Crippen LogP contribution in [0.3, 0.4) is 0 Å². The first-order valence-corrected chi connectivity index (χ1v) is 7.01. The van der Waals surface area contributed by atoms with Gasteiger partial charge in [-0.25, -0.2) is 9.97 Å². The standard InChI is InChI=1S/C14H19N7/c1-11-3-2-6-21(9-11)14-12(17)13(18-10-19-14)20(7-4-15)8-5-16/h10-11H,2-3,6-9,17H2,1H3. The van der Waals surface area contributed by atoms with Crippen molar-refractivity contribution in [3.8, 4) is 12.1 Å². The molecule has 0 spiro atoms. The molecule has 0 aliphatic carbocycles. The molecule has 0 aromatic carbocycles. The minimum atomic E-state index is 0.0740. The number of hydrogen-bond donors (Lipinski definition) is 1. The van der Waals surface area contributed by atoms with Crippen LogP contribution in [0.5, 0.6) is 0 Å². The molecule has 0 radical (unpaired) electrons. The SMILES string of the molecule is CC1CCCN(c2ncnc(N(CC#N)CC#N)c2N)C1. The van der Waals surface area contributed by atoms with E-state index in [1.54, 1.807) is 4.90 Å². The second kappa shape index (κ2) is 6.76. The Kier molecular flexibility index (Phi) is 4.78. The van der Waals surface area contributed by atoms with Crippen LogP contribution in [0.2, 0.25) is 0 Å². The summed E-state index contributed by atoms with van der Waals surface area (Å²) in [5, 5.41) is 17.7. The third-order valence-electron chi connectivity index (χ3n) is 3.62. The molecule has 7 heteroatoms. The predicted molar refractivity (Wildman–Crippen MR) is 80.5 cm³/mol. The molecule has 2 heterocycles. The number of aromatic nitrogens is 2. The first-order chi connectivity index (χ1) is 10.2. The van der Waals surface area contributed by atoms with Crippen molar-refractivity contribution >= 4 is 17.3 Å². The highest BCUT2D eigenvalue weighted by Gasteiger charge is 2.22. The zero-order valence-electron chi connectivity index (χ0n) is 12.2. The van der Waals surface area contributed by atoms with Crippen molar-refractivity contribution in [2.45, 2.75) is 19.8 Å².